The number of alkyl halides is 6. The quantitative estimate of drug-likeness (QED) is 0.548. The molecule has 3 aromatic rings. The number of halogens is 6. The standard InChI is InChI=1S/C21H15F6N3O2/c1-32-16-11-28-10-8-14(16)19(31)30-17(12-4-6-13(7-5-12)20(22,23)24)18-15(21(25,26)27)3-2-9-29-18/h2-11,17H,1H3,(H,30,31)/t17-/m0/s1. The van der Waals surface area contributed by atoms with Gasteiger partial charge in [0.1, 0.15) is 5.75 Å². The molecule has 0 aliphatic rings. The van der Waals surface area contributed by atoms with Crippen LogP contribution < -0.4 is 10.1 Å². The summed E-state index contributed by atoms with van der Waals surface area (Å²) in [5.74, 6) is -0.763. The number of aromatic nitrogens is 2. The van der Waals surface area contributed by atoms with Gasteiger partial charge in [0.25, 0.3) is 5.91 Å². The topological polar surface area (TPSA) is 64.1 Å². The molecular formula is C21H15F6N3O2. The third kappa shape index (κ3) is 4.98. The molecule has 0 saturated carbocycles. The van der Waals surface area contributed by atoms with Crippen LogP contribution in [0.5, 0.6) is 5.75 Å². The van der Waals surface area contributed by atoms with E-state index in [-0.39, 0.29) is 16.9 Å². The number of hydrogen-bond acceptors (Lipinski definition) is 4. The van der Waals surface area contributed by atoms with E-state index in [0.29, 0.717) is 0 Å². The predicted octanol–water partition coefficient (Wildman–Crippen LogP) is 5.04. The van der Waals surface area contributed by atoms with E-state index in [4.69, 9.17) is 4.74 Å². The van der Waals surface area contributed by atoms with Crippen molar-refractivity contribution >= 4 is 5.91 Å². The summed E-state index contributed by atoms with van der Waals surface area (Å²) < 4.78 is 84.6. The molecule has 1 amide bonds. The summed E-state index contributed by atoms with van der Waals surface area (Å²) in [4.78, 5) is 20.4. The molecule has 0 spiro atoms. The van der Waals surface area contributed by atoms with E-state index in [1.54, 1.807) is 0 Å². The smallest absolute Gasteiger partial charge is 0.418 e. The van der Waals surface area contributed by atoms with Crippen LogP contribution in [0.2, 0.25) is 0 Å². The van der Waals surface area contributed by atoms with Gasteiger partial charge in [0.2, 0.25) is 0 Å². The lowest BCUT2D eigenvalue weighted by Gasteiger charge is -2.23. The van der Waals surface area contributed by atoms with E-state index >= 15 is 0 Å². The number of amides is 1. The first kappa shape index (κ1) is 23.0. The molecule has 5 nitrogen and oxygen atoms in total. The van der Waals surface area contributed by atoms with E-state index in [1.807, 2.05) is 0 Å². The van der Waals surface area contributed by atoms with Gasteiger partial charge in [-0.2, -0.15) is 26.3 Å². The minimum Gasteiger partial charge on any atom is -0.494 e. The summed E-state index contributed by atoms with van der Waals surface area (Å²) in [5, 5.41) is 2.42. The minimum atomic E-state index is -4.81. The van der Waals surface area contributed by atoms with Crippen LogP contribution >= 0.6 is 0 Å². The monoisotopic (exact) mass is 455 g/mol. The highest BCUT2D eigenvalue weighted by atomic mass is 19.4. The molecule has 0 unspecified atom stereocenters. The van der Waals surface area contributed by atoms with Crippen molar-refractivity contribution in [1.29, 1.82) is 0 Å². The van der Waals surface area contributed by atoms with Crippen LogP contribution in [-0.4, -0.2) is 23.0 Å². The maximum absolute atomic E-state index is 13.6. The van der Waals surface area contributed by atoms with Crippen molar-refractivity contribution in [2.45, 2.75) is 18.4 Å². The van der Waals surface area contributed by atoms with Crippen LogP contribution in [0.3, 0.4) is 0 Å². The molecule has 168 valence electrons. The third-order valence-electron chi connectivity index (χ3n) is 4.51. The molecule has 32 heavy (non-hydrogen) atoms. The number of nitrogens with zero attached hydrogens (tertiary/aromatic N) is 2. The van der Waals surface area contributed by atoms with Crippen molar-refractivity contribution in [2.75, 3.05) is 7.11 Å². The fourth-order valence-electron chi connectivity index (χ4n) is 3.00. The second-order valence-electron chi connectivity index (χ2n) is 6.54. The Morgan fingerprint density at radius 2 is 1.66 bits per heavy atom. The van der Waals surface area contributed by atoms with Gasteiger partial charge in [0.15, 0.2) is 0 Å². The van der Waals surface area contributed by atoms with Gasteiger partial charge in [-0.3, -0.25) is 14.8 Å². The average Bonchev–Trinajstić information content (AvgIpc) is 2.76. The highest BCUT2D eigenvalue weighted by Crippen LogP contribution is 2.36. The van der Waals surface area contributed by atoms with Crippen molar-refractivity contribution in [3.8, 4) is 5.75 Å². The molecule has 0 bridgehead atoms. The Balaban J connectivity index is 2.10. The zero-order chi connectivity index (χ0) is 23.5. The molecule has 3 rings (SSSR count). The van der Waals surface area contributed by atoms with Crippen LogP contribution in [-0.2, 0) is 12.4 Å². The first-order valence-electron chi connectivity index (χ1n) is 9.00. The molecule has 0 saturated heterocycles. The summed E-state index contributed by atoms with van der Waals surface area (Å²) >= 11 is 0. The molecule has 11 heteroatoms. The summed E-state index contributed by atoms with van der Waals surface area (Å²) in [5.41, 5.74) is -2.74. The molecule has 0 fully saturated rings. The lowest BCUT2D eigenvalue weighted by atomic mass is 9.97. The van der Waals surface area contributed by atoms with E-state index in [9.17, 15) is 31.1 Å². The molecular weight excluding hydrogens is 440 g/mol. The third-order valence-corrected chi connectivity index (χ3v) is 4.51. The largest absolute Gasteiger partial charge is 0.494 e. The number of nitrogens with one attached hydrogen (secondary N) is 1. The number of methoxy groups -OCH3 is 1. The summed E-state index contributed by atoms with van der Waals surface area (Å²) in [6, 6.07) is 5.07. The zero-order valence-corrected chi connectivity index (χ0v) is 16.3. The molecule has 1 aromatic carbocycles. The van der Waals surface area contributed by atoms with Crippen LogP contribution in [0.15, 0.2) is 61.1 Å². The second-order valence-corrected chi connectivity index (χ2v) is 6.54. The first-order chi connectivity index (χ1) is 15.0. The average molecular weight is 455 g/mol. The number of hydrogen-bond donors (Lipinski definition) is 1. The van der Waals surface area contributed by atoms with Crippen molar-refractivity contribution in [3.63, 3.8) is 0 Å². The van der Waals surface area contributed by atoms with E-state index in [1.165, 1.54) is 25.6 Å². The lowest BCUT2D eigenvalue weighted by Crippen LogP contribution is -2.32. The van der Waals surface area contributed by atoms with Crippen molar-refractivity contribution in [1.82, 2.24) is 15.3 Å². The highest BCUT2D eigenvalue weighted by Gasteiger charge is 2.37. The van der Waals surface area contributed by atoms with Gasteiger partial charge in [-0.15, -0.1) is 0 Å². The summed E-state index contributed by atoms with van der Waals surface area (Å²) in [6.07, 6.45) is -5.83. The second kappa shape index (κ2) is 8.85. The molecule has 0 radical (unpaired) electrons. The zero-order valence-electron chi connectivity index (χ0n) is 16.3. The fourth-order valence-corrected chi connectivity index (χ4v) is 3.00. The van der Waals surface area contributed by atoms with Gasteiger partial charge in [0.05, 0.1) is 41.7 Å². The van der Waals surface area contributed by atoms with Gasteiger partial charge in [-0.1, -0.05) is 12.1 Å². The van der Waals surface area contributed by atoms with Crippen molar-refractivity contribution in [3.05, 3.63) is 89.0 Å². The number of carbonyl (C=O) groups is 1. The van der Waals surface area contributed by atoms with Crippen LogP contribution in [0.4, 0.5) is 26.3 Å². The first-order valence-corrected chi connectivity index (χ1v) is 9.00. The predicted molar refractivity (Wildman–Crippen MR) is 101 cm³/mol. The Morgan fingerprint density at radius 1 is 0.969 bits per heavy atom. The maximum atomic E-state index is 13.6. The van der Waals surface area contributed by atoms with Crippen LogP contribution in [0.25, 0.3) is 0 Å². The maximum Gasteiger partial charge on any atom is 0.418 e. The molecule has 2 aromatic heterocycles. The number of ether oxygens (including phenoxy) is 1. The van der Waals surface area contributed by atoms with E-state index < -0.39 is 41.1 Å². The van der Waals surface area contributed by atoms with Crippen molar-refractivity contribution < 1.29 is 35.9 Å². The van der Waals surface area contributed by atoms with Crippen LogP contribution in [0.1, 0.15) is 38.8 Å². The van der Waals surface area contributed by atoms with Gasteiger partial charge >= 0.3 is 12.4 Å². The Morgan fingerprint density at radius 3 is 2.25 bits per heavy atom. The van der Waals surface area contributed by atoms with Gasteiger partial charge < -0.3 is 10.1 Å². The molecule has 0 aliphatic carbocycles. The number of benzene rings is 1. The van der Waals surface area contributed by atoms with Crippen LogP contribution in [0, 0.1) is 0 Å². The lowest BCUT2D eigenvalue weighted by molar-refractivity contribution is -0.139. The van der Waals surface area contributed by atoms with Gasteiger partial charge in [-0.25, -0.2) is 0 Å². The molecule has 1 N–H and O–H groups in total. The molecule has 0 aliphatic heterocycles. The fraction of sp³-hybridized carbons (Fsp3) is 0.190. The number of carbonyl (C=O) groups excluding carboxylic acids is 1. The Bertz CT molecular complexity index is 1100. The molecule has 2 heterocycles. The van der Waals surface area contributed by atoms with Crippen molar-refractivity contribution in [2.24, 2.45) is 0 Å². The minimum absolute atomic E-state index is 0.0242. The number of pyridine rings is 2. The van der Waals surface area contributed by atoms with Gasteiger partial charge in [-0.05, 0) is 35.9 Å². The Hall–Kier alpha value is -3.63. The number of rotatable bonds is 5. The SMILES string of the molecule is COc1cnccc1C(=O)N[C@@H](c1ccc(C(F)(F)F)cc1)c1ncccc1C(F)(F)F. The summed E-state index contributed by atoms with van der Waals surface area (Å²) in [7, 11) is 1.28. The molecule has 1 atom stereocenters. The van der Waals surface area contributed by atoms with E-state index in [0.717, 1.165) is 42.6 Å². The normalized spacial score (nSPS) is 12.8. The Kier molecular flexibility index (Phi) is 6.37. The summed E-state index contributed by atoms with van der Waals surface area (Å²) in [6.45, 7) is 0. The van der Waals surface area contributed by atoms with E-state index in [2.05, 4.69) is 15.3 Å². The Labute approximate surface area is 178 Å². The van der Waals surface area contributed by atoms with Gasteiger partial charge in [0, 0.05) is 12.4 Å². The highest BCUT2D eigenvalue weighted by molar-refractivity contribution is 5.97.